The Hall–Kier alpha value is -1.35. The van der Waals surface area contributed by atoms with Gasteiger partial charge in [-0.1, -0.05) is 31.2 Å². The van der Waals surface area contributed by atoms with E-state index in [0.717, 1.165) is 24.1 Å². The molecule has 18 heavy (non-hydrogen) atoms. The van der Waals surface area contributed by atoms with Crippen molar-refractivity contribution in [2.24, 2.45) is 0 Å². The molecule has 1 aromatic carbocycles. The summed E-state index contributed by atoms with van der Waals surface area (Å²) >= 11 is 0. The van der Waals surface area contributed by atoms with Crippen molar-refractivity contribution in [1.29, 1.82) is 0 Å². The van der Waals surface area contributed by atoms with Gasteiger partial charge in [0.1, 0.15) is 0 Å². The molecule has 1 aromatic rings. The van der Waals surface area contributed by atoms with E-state index in [1.807, 2.05) is 18.2 Å². The molecule has 3 heteroatoms. The lowest BCUT2D eigenvalue weighted by Crippen LogP contribution is -2.38. The van der Waals surface area contributed by atoms with E-state index in [9.17, 15) is 4.79 Å². The van der Waals surface area contributed by atoms with Crippen LogP contribution in [0, 0.1) is 0 Å². The Kier molecular flexibility index (Phi) is 5.35. The van der Waals surface area contributed by atoms with Crippen molar-refractivity contribution in [2.75, 3.05) is 7.11 Å². The minimum Gasteiger partial charge on any atom is -0.469 e. The summed E-state index contributed by atoms with van der Waals surface area (Å²) in [6.07, 6.45) is 1.40. The number of hydrogen-bond acceptors (Lipinski definition) is 3. The first kappa shape index (κ1) is 14.7. The molecule has 3 nitrogen and oxygen atoms in total. The summed E-state index contributed by atoms with van der Waals surface area (Å²) in [4.78, 5) is 11.3. The monoisotopic (exact) mass is 249 g/mol. The van der Waals surface area contributed by atoms with Gasteiger partial charge in [-0.3, -0.25) is 4.79 Å². The highest BCUT2D eigenvalue weighted by Gasteiger charge is 2.15. The molecule has 0 aliphatic rings. The van der Waals surface area contributed by atoms with Crippen LogP contribution in [0.4, 0.5) is 0 Å². The van der Waals surface area contributed by atoms with E-state index in [1.54, 1.807) is 0 Å². The van der Waals surface area contributed by atoms with Gasteiger partial charge in [0.05, 0.1) is 13.5 Å². The van der Waals surface area contributed by atoms with Gasteiger partial charge in [0.25, 0.3) is 0 Å². The van der Waals surface area contributed by atoms with Crippen LogP contribution in [0.3, 0.4) is 0 Å². The minimum atomic E-state index is -0.197. The van der Waals surface area contributed by atoms with Crippen LogP contribution in [0.25, 0.3) is 0 Å². The molecule has 0 saturated carbocycles. The molecule has 0 fully saturated rings. The number of esters is 1. The molecule has 1 rings (SSSR count). The average Bonchev–Trinajstić information content (AvgIpc) is 2.37. The Balaban J connectivity index is 2.73. The van der Waals surface area contributed by atoms with Crippen molar-refractivity contribution in [1.82, 2.24) is 5.32 Å². The fourth-order valence-electron chi connectivity index (χ4n) is 1.59. The largest absolute Gasteiger partial charge is 0.469 e. The molecule has 0 saturated heterocycles. The van der Waals surface area contributed by atoms with Crippen molar-refractivity contribution in [3.8, 4) is 0 Å². The lowest BCUT2D eigenvalue weighted by Gasteiger charge is -2.25. The highest BCUT2D eigenvalue weighted by atomic mass is 16.5. The average molecular weight is 249 g/mol. The van der Waals surface area contributed by atoms with Crippen LogP contribution in [-0.2, 0) is 22.5 Å². The van der Waals surface area contributed by atoms with Crippen LogP contribution in [0.1, 0.15) is 38.3 Å². The Morgan fingerprint density at radius 2 is 1.89 bits per heavy atom. The second kappa shape index (κ2) is 6.55. The Morgan fingerprint density at radius 3 is 2.44 bits per heavy atom. The summed E-state index contributed by atoms with van der Waals surface area (Å²) < 4.78 is 4.72. The van der Waals surface area contributed by atoms with Gasteiger partial charge in [0, 0.05) is 12.1 Å². The number of nitrogens with one attached hydrogen (secondary N) is 1. The number of rotatable bonds is 6. The van der Waals surface area contributed by atoms with Gasteiger partial charge in [0.15, 0.2) is 0 Å². The normalized spacial score (nSPS) is 11.3. The van der Waals surface area contributed by atoms with E-state index in [4.69, 9.17) is 4.74 Å². The molecule has 0 aliphatic carbocycles. The molecule has 1 N–H and O–H groups in total. The van der Waals surface area contributed by atoms with E-state index in [2.05, 4.69) is 32.2 Å². The predicted octanol–water partition coefficient (Wildman–Crippen LogP) is 2.68. The first-order valence-electron chi connectivity index (χ1n) is 6.37. The quantitative estimate of drug-likeness (QED) is 0.788. The van der Waals surface area contributed by atoms with E-state index in [1.165, 1.54) is 7.11 Å². The summed E-state index contributed by atoms with van der Waals surface area (Å²) in [5.41, 5.74) is 2.30. The molecule has 0 spiro atoms. The third-order valence-corrected chi connectivity index (χ3v) is 3.32. The first-order chi connectivity index (χ1) is 8.48. The number of carbonyl (C=O) groups is 1. The SMILES string of the molecule is CCC(C)(C)NCc1ccccc1CC(=O)OC. The van der Waals surface area contributed by atoms with E-state index >= 15 is 0 Å². The van der Waals surface area contributed by atoms with Crippen LogP contribution < -0.4 is 5.32 Å². The van der Waals surface area contributed by atoms with Gasteiger partial charge in [-0.25, -0.2) is 0 Å². The fourth-order valence-corrected chi connectivity index (χ4v) is 1.59. The second-order valence-electron chi connectivity index (χ2n) is 5.11. The molecule has 0 bridgehead atoms. The lowest BCUT2D eigenvalue weighted by atomic mass is 9.99. The number of carbonyl (C=O) groups excluding carboxylic acids is 1. The second-order valence-corrected chi connectivity index (χ2v) is 5.11. The summed E-state index contributed by atoms with van der Waals surface area (Å²) in [5, 5.41) is 3.50. The zero-order chi connectivity index (χ0) is 13.6. The van der Waals surface area contributed by atoms with Gasteiger partial charge < -0.3 is 10.1 Å². The van der Waals surface area contributed by atoms with E-state index in [0.29, 0.717) is 6.42 Å². The molecular weight excluding hydrogens is 226 g/mol. The van der Waals surface area contributed by atoms with Crippen LogP contribution in [0.5, 0.6) is 0 Å². The van der Waals surface area contributed by atoms with Crippen molar-refractivity contribution < 1.29 is 9.53 Å². The molecule has 0 amide bonds. The van der Waals surface area contributed by atoms with Gasteiger partial charge >= 0.3 is 5.97 Å². The molecular formula is C15H23NO2. The van der Waals surface area contributed by atoms with Crippen LogP contribution in [-0.4, -0.2) is 18.6 Å². The summed E-state index contributed by atoms with van der Waals surface area (Å²) in [6, 6.07) is 7.98. The number of ether oxygens (including phenoxy) is 1. The third kappa shape index (κ3) is 4.49. The van der Waals surface area contributed by atoms with Gasteiger partial charge in [-0.05, 0) is 31.4 Å². The number of methoxy groups -OCH3 is 1. The molecule has 0 heterocycles. The fraction of sp³-hybridized carbons (Fsp3) is 0.533. The zero-order valence-electron chi connectivity index (χ0n) is 11.7. The third-order valence-electron chi connectivity index (χ3n) is 3.32. The standard InChI is InChI=1S/C15H23NO2/c1-5-15(2,3)16-11-13-9-7-6-8-12(13)10-14(17)18-4/h6-9,16H,5,10-11H2,1-4H3. The van der Waals surface area contributed by atoms with E-state index < -0.39 is 0 Å². The summed E-state index contributed by atoms with van der Waals surface area (Å²) in [5.74, 6) is -0.197. The zero-order valence-corrected chi connectivity index (χ0v) is 11.7. The smallest absolute Gasteiger partial charge is 0.309 e. The molecule has 0 aromatic heterocycles. The topological polar surface area (TPSA) is 38.3 Å². The maximum Gasteiger partial charge on any atom is 0.309 e. The van der Waals surface area contributed by atoms with Crippen molar-refractivity contribution in [3.05, 3.63) is 35.4 Å². The lowest BCUT2D eigenvalue weighted by molar-refractivity contribution is -0.139. The van der Waals surface area contributed by atoms with E-state index in [-0.39, 0.29) is 11.5 Å². The van der Waals surface area contributed by atoms with Gasteiger partial charge in [-0.2, -0.15) is 0 Å². The predicted molar refractivity (Wildman–Crippen MR) is 73.4 cm³/mol. The Bertz CT molecular complexity index is 399. The Labute approximate surface area is 110 Å². The number of benzene rings is 1. The Morgan fingerprint density at radius 1 is 1.28 bits per heavy atom. The number of hydrogen-bond donors (Lipinski definition) is 1. The molecule has 0 aliphatic heterocycles. The summed E-state index contributed by atoms with van der Waals surface area (Å²) in [7, 11) is 1.42. The molecule has 0 unspecified atom stereocenters. The van der Waals surface area contributed by atoms with Crippen molar-refractivity contribution in [3.63, 3.8) is 0 Å². The van der Waals surface area contributed by atoms with Crippen LogP contribution in [0.15, 0.2) is 24.3 Å². The molecule has 0 atom stereocenters. The summed E-state index contributed by atoms with van der Waals surface area (Å²) in [6.45, 7) is 7.28. The van der Waals surface area contributed by atoms with Gasteiger partial charge in [0.2, 0.25) is 0 Å². The molecule has 0 radical (unpaired) electrons. The first-order valence-corrected chi connectivity index (χ1v) is 6.37. The van der Waals surface area contributed by atoms with Gasteiger partial charge in [-0.15, -0.1) is 0 Å². The molecule has 100 valence electrons. The van der Waals surface area contributed by atoms with Crippen molar-refractivity contribution >= 4 is 5.97 Å². The van der Waals surface area contributed by atoms with Crippen LogP contribution >= 0.6 is 0 Å². The minimum absolute atomic E-state index is 0.110. The van der Waals surface area contributed by atoms with Crippen LogP contribution in [0.2, 0.25) is 0 Å². The van der Waals surface area contributed by atoms with Crippen molar-refractivity contribution in [2.45, 2.75) is 45.7 Å². The highest BCUT2D eigenvalue weighted by Crippen LogP contribution is 2.13. The maximum atomic E-state index is 11.3. The highest BCUT2D eigenvalue weighted by molar-refractivity contribution is 5.72. The maximum absolute atomic E-state index is 11.3.